The fourth-order valence-electron chi connectivity index (χ4n) is 2.83. The van der Waals surface area contributed by atoms with E-state index >= 15 is 0 Å². The summed E-state index contributed by atoms with van der Waals surface area (Å²) >= 11 is 9.54. The van der Waals surface area contributed by atoms with E-state index in [4.69, 9.17) is 16.3 Å². The molecular weight excluding hydrogens is 438 g/mol. The van der Waals surface area contributed by atoms with Gasteiger partial charge in [0.25, 0.3) is 11.6 Å². The molecule has 27 heavy (non-hydrogen) atoms. The lowest BCUT2D eigenvalue weighted by Crippen LogP contribution is -2.50. The molecule has 1 aliphatic rings. The van der Waals surface area contributed by atoms with E-state index in [0.29, 0.717) is 37.0 Å². The summed E-state index contributed by atoms with van der Waals surface area (Å²) in [6.07, 6.45) is 0. The minimum absolute atomic E-state index is 0.0140. The maximum Gasteiger partial charge on any atom is 0.271 e. The van der Waals surface area contributed by atoms with Crippen molar-refractivity contribution in [3.8, 4) is 5.75 Å². The van der Waals surface area contributed by atoms with Gasteiger partial charge in [0.05, 0.1) is 15.6 Å². The molecule has 0 N–H and O–H groups in total. The van der Waals surface area contributed by atoms with E-state index in [1.165, 1.54) is 12.1 Å². The van der Waals surface area contributed by atoms with Crippen LogP contribution in [0.25, 0.3) is 0 Å². The van der Waals surface area contributed by atoms with Crippen molar-refractivity contribution < 1.29 is 14.5 Å². The van der Waals surface area contributed by atoms with Crippen molar-refractivity contribution in [3.63, 3.8) is 0 Å². The third kappa shape index (κ3) is 4.90. The first kappa shape index (κ1) is 19.4. The van der Waals surface area contributed by atoms with Gasteiger partial charge in [0.15, 0.2) is 6.61 Å². The van der Waals surface area contributed by atoms with Gasteiger partial charge in [0.1, 0.15) is 5.75 Å². The molecule has 1 fully saturated rings. The van der Waals surface area contributed by atoms with E-state index < -0.39 is 4.92 Å². The molecule has 0 aromatic heterocycles. The topological polar surface area (TPSA) is 75.9 Å². The second kappa shape index (κ2) is 8.58. The number of piperazine rings is 1. The zero-order valence-corrected chi connectivity index (χ0v) is 16.6. The number of nitro groups is 1. The first-order valence-corrected chi connectivity index (χ1v) is 9.46. The number of amides is 1. The standard InChI is InChI=1S/C18H17BrClN3O4/c19-13-1-4-15(5-2-13)27-12-18(24)22-9-7-21(8-10-22)17-6-3-14(23(25)26)11-16(17)20/h1-6,11H,7-10,12H2. The van der Waals surface area contributed by atoms with Gasteiger partial charge in [0.2, 0.25) is 0 Å². The summed E-state index contributed by atoms with van der Waals surface area (Å²) in [5.41, 5.74) is 0.697. The third-order valence-corrected chi connectivity index (χ3v) is 5.12. The summed E-state index contributed by atoms with van der Waals surface area (Å²) in [6, 6.07) is 11.7. The first-order valence-electron chi connectivity index (χ1n) is 8.29. The molecule has 1 heterocycles. The number of anilines is 1. The molecule has 0 atom stereocenters. The average Bonchev–Trinajstić information content (AvgIpc) is 2.67. The van der Waals surface area contributed by atoms with Crippen LogP contribution in [-0.4, -0.2) is 48.5 Å². The van der Waals surface area contributed by atoms with Crippen LogP contribution < -0.4 is 9.64 Å². The summed E-state index contributed by atoms with van der Waals surface area (Å²) in [6.45, 7) is 2.26. The second-order valence-electron chi connectivity index (χ2n) is 6.00. The summed E-state index contributed by atoms with van der Waals surface area (Å²) < 4.78 is 6.48. The van der Waals surface area contributed by atoms with Gasteiger partial charge in [0, 0.05) is 42.8 Å². The summed E-state index contributed by atoms with van der Waals surface area (Å²) in [7, 11) is 0. The monoisotopic (exact) mass is 453 g/mol. The van der Waals surface area contributed by atoms with Crippen LogP contribution in [-0.2, 0) is 4.79 Å². The second-order valence-corrected chi connectivity index (χ2v) is 7.33. The van der Waals surface area contributed by atoms with Crippen LogP contribution in [0, 0.1) is 10.1 Å². The highest BCUT2D eigenvalue weighted by Crippen LogP contribution is 2.30. The molecule has 0 radical (unpaired) electrons. The largest absolute Gasteiger partial charge is 0.484 e. The molecule has 1 saturated heterocycles. The van der Waals surface area contributed by atoms with Gasteiger partial charge in [-0.3, -0.25) is 14.9 Å². The molecule has 0 spiro atoms. The number of halogens is 2. The van der Waals surface area contributed by atoms with Crippen molar-refractivity contribution >= 4 is 44.8 Å². The number of non-ortho nitro benzene ring substituents is 1. The van der Waals surface area contributed by atoms with E-state index in [1.54, 1.807) is 23.1 Å². The zero-order valence-electron chi connectivity index (χ0n) is 14.3. The molecule has 2 aromatic carbocycles. The van der Waals surface area contributed by atoms with Crippen molar-refractivity contribution in [2.45, 2.75) is 0 Å². The Balaban J connectivity index is 1.53. The summed E-state index contributed by atoms with van der Waals surface area (Å²) in [5.74, 6) is 0.565. The Morgan fingerprint density at radius 1 is 1.15 bits per heavy atom. The van der Waals surface area contributed by atoms with Crippen LogP contribution in [0.15, 0.2) is 46.9 Å². The van der Waals surface area contributed by atoms with Crippen molar-refractivity contribution in [1.82, 2.24) is 4.90 Å². The van der Waals surface area contributed by atoms with Gasteiger partial charge in [-0.05, 0) is 30.3 Å². The SMILES string of the molecule is O=C(COc1ccc(Br)cc1)N1CCN(c2ccc([N+](=O)[O-])cc2Cl)CC1. The van der Waals surface area contributed by atoms with Crippen LogP contribution in [0.3, 0.4) is 0 Å². The van der Waals surface area contributed by atoms with Gasteiger partial charge in [-0.1, -0.05) is 27.5 Å². The maximum atomic E-state index is 12.3. The molecule has 0 aliphatic carbocycles. The Morgan fingerprint density at radius 2 is 1.81 bits per heavy atom. The van der Waals surface area contributed by atoms with Crippen molar-refractivity contribution in [1.29, 1.82) is 0 Å². The van der Waals surface area contributed by atoms with E-state index in [0.717, 1.165) is 10.2 Å². The predicted molar refractivity (Wildman–Crippen MR) is 107 cm³/mol. The summed E-state index contributed by atoms with van der Waals surface area (Å²) in [5, 5.41) is 11.2. The molecule has 0 saturated carbocycles. The lowest BCUT2D eigenvalue weighted by atomic mass is 10.2. The van der Waals surface area contributed by atoms with Crippen LogP contribution >= 0.6 is 27.5 Å². The van der Waals surface area contributed by atoms with Gasteiger partial charge in [-0.15, -0.1) is 0 Å². The quantitative estimate of drug-likeness (QED) is 0.508. The number of nitrogens with zero attached hydrogens (tertiary/aromatic N) is 3. The minimum atomic E-state index is -0.475. The van der Waals surface area contributed by atoms with E-state index in [1.807, 2.05) is 17.0 Å². The highest BCUT2D eigenvalue weighted by atomic mass is 79.9. The highest BCUT2D eigenvalue weighted by Gasteiger charge is 2.23. The molecule has 0 bridgehead atoms. The Kier molecular flexibility index (Phi) is 6.18. The average molecular weight is 455 g/mol. The number of rotatable bonds is 5. The van der Waals surface area contributed by atoms with Gasteiger partial charge >= 0.3 is 0 Å². The molecule has 7 nitrogen and oxygen atoms in total. The molecule has 1 aliphatic heterocycles. The molecule has 1 amide bonds. The predicted octanol–water partition coefficient (Wildman–Crippen LogP) is 3.74. The molecule has 3 rings (SSSR count). The van der Waals surface area contributed by atoms with Crippen LogP contribution in [0.1, 0.15) is 0 Å². The molecular formula is C18H17BrClN3O4. The van der Waals surface area contributed by atoms with Crippen LogP contribution in [0.2, 0.25) is 5.02 Å². The van der Waals surface area contributed by atoms with Crippen molar-refractivity contribution in [2.75, 3.05) is 37.7 Å². The van der Waals surface area contributed by atoms with Gasteiger partial charge in [-0.25, -0.2) is 0 Å². The Labute approximate surface area is 169 Å². The molecule has 2 aromatic rings. The number of carbonyl (C=O) groups is 1. The maximum absolute atomic E-state index is 12.3. The lowest BCUT2D eigenvalue weighted by molar-refractivity contribution is -0.384. The molecule has 142 valence electrons. The third-order valence-electron chi connectivity index (χ3n) is 4.29. The number of hydrogen-bond donors (Lipinski definition) is 0. The fraction of sp³-hybridized carbons (Fsp3) is 0.278. The Morgan fingerprint density at radius 3 is 2.41 bits per heavy atom. The van der Waals surface area contributed by atoms with E-state index in [9.17, 15) is 14.9 Å². The molecule has 9 heteroatoms. The van der Waals surface area contributed by atoms with Crippen LogP contribution in [0.4, 0.5) is 11.4 Å². The summed E-state index contributed by atoms with van der Waals surface area (Å²) in [4.78, 5) is 26.4. The number of ether oxygens (including phenoxy) is 1. The Hall–Kier alpha value is -2.32. The normalized spacial score (nSPS) is 14.1. The number of hydrogen-bond acceptors (Lipinski definition) is 5. The zero-order chi connectivity index (χ0) is 19.4. The lowest BCUT2D eigenvalue weighted by Gasteiger charge is -2.36. The van der Waals surface area contributed by atoms with Gasteiger partial charge in [-0.2, -0.15) is 0 Å². The van der Waals surface area contributed by atoms with Gasteiger partial charge < -0.3 is 14.5 Å². The fourth-order valence-corrected chi connectivity index (χ4v) is 3.39. The van der Waals surface area contributed by atoms with Crippen molar-refractivity contribution in [3.05, 3.63) is 62.1 Å². The highest BCUT2D eigenvalue weighted by molar-refractivity contribution is 9.10. The number of nitro benzene ring substituents is 1. The Bertz CT molecular complexity index is 839. The van der Waals surface area contributed by atoms with E-state index in [2.05, 4.69) is 15.9 Å². The van der Waals surface area contributed by atoms with Crippen molar-refractivity contribution in [2.24, 2.45) is 0 Å². The number of benzene rings is 2. The molecule has 0 unspecified atom stereocenters. The first-order chi connectivity index (χ1) is 12.9. The minimum Gasteiger partial charge on any atom is -0.484 e. The number of carbonyl (C=O) groups excluding carboxylic acids is 1. The smallest absolute Gasteiger partial charge is 0.271 e. The van der Waals surface area contributed by atoms with Crippen LogP contribution in [0.5, 0.6) is 5.75 Å². The van der Waals surface area contributed by atoms with E-state index in [-0.39, 0.29) is 18.2 Å².